The number of hydrogen-bond donors (Lipinski definition) is 1. The minimum absolute atomic E-state index is 0.146. The molecule has 156 valence electrons. The number of nitrogens with zero attached hydrogens (tertiary/aromatic N) is 1. The fourth-order valence-corrected chi connectivity index (χ4v) is 4.22. The van der Waals surface area contributed by atoms with Crippen LogP contribution in [-0.2, 0) is 10.0 Å². The van der Waals surface area contributed by atoms with Crippen LogP contribution >= 0.6 is 11.6 Å². The summed E-state index contributed by atoms with van der Waals surface area (Å²) < 4.78 is 45.5. The zero-order valence-electron chi connectivity index (χ0n) is 16.1. The van der Waals surface area contributed by atoms with Gasteiger partial charge in [0, 0.05) is 12.7 Å². The first kappa shape index (κ1) is 21.6. The number of methoxy groups -OCH3 is 1. The zero-order chi connectivity index (χ0) is 21.9. The first-order valence-electron chi connectivity index (χ1n) is 8.72. The molecule has 0 saturated heterocycles. The smallest absolute Gasteiger partial charge is 0.264 e. The molecule has 0 atom stereocenters. The third-order valence-corrected chi connectivity index (χ3v) is 6.44. The maximum Gasteiger partial charge on any atom is 0.264 e. The summed E-state index contributed by atoms with van der Waals surface area (Å²) in [6.07, 6.45) is 0. The van der Waals surface area contributed by atoms with Gasteiger partial charge in [-0.05, 0) is 54.6 Å². The van der Waals surface area contributed by atoms with E-state index >= 15 is 0 Å². The molecule has 0 aromatic heterocycles. The molecule has 0 spiro atoms. The topological polar surface area (TPSA) is 75.7 Å². The Kier molecular flexibility index (Phi) is 6.28. The number of carbonyl (C=O) groups excluding carboxylic acids is 1. The van der Waals surface area contributed by atoms with Crippen LogP contribution in [0, 0.1) is 5.82 Å². The highest BCUT2D eigenvalue weighted by molar-refractivity contribution is 7.92. The Balaban J connectivity index is 1.93. The largest absolute Gasteiger partial charge is 0.497 e. The van der Waals surface area contributed by atoms with Gasteiger partial charge in [0.15, 0.2) is 0 Å². The molecule has 1 N–H and O–H groups in total. The van der Waals surface area contributed by atoms with Crippen LogP contribution in [0.15, 0.2) is 71.6 Å². The highest BCUT2D eigenvalue weighted by atomic mass is 35.5. The average Bonchev–Trinajstić information content (AvgIpc) is 2.75. The first-order valence-corrected chi connectivity index (χ1v) is 10.5. The van der Waals surface area contributed by atoms with Crippen LogP contribution in [0.4, 0.5) is 15.8 Å². The summed E-state index contributed by atoms with van der Waals surface area (Å²) in [6.45, 7) is 0. The molecule has 0 bridgehead atoms. The van der Waals surface area contributed by atoms with E-state index in [2.05, 4.69) is 5.32 Å². The molecule has 30 heavy (non-hydrogen) atoms. The van der Waals surface area contributed by atoms with E-state index in [9.17, 15) is 17.6 Å². The Morgan fingerprint density at radius 3 is 2.37 bits per heavy atom. The normalized spacial score (nSPS) is 11.1. The van der Waals surface area contributed by atoms with Crippen molar-refractivity contribution in [3.63, 3.8) is 0 Å². The van der Waals surface area contributed by atoms with Gasteiger partial charge in [-0.15, -0.1) is 0 Å². The van der Waals surface area contributed by atoms with Crippen molar-refractivity contribution in [2.45, 2.75) is 4.90 Å². The molecule has 0 aliphatic carbocycles. The Labute approximate surface area is 178 Å². The number of para-hydroxylation sites is 1. The first-order chi connectivity index (χ1) is 14.2. The summed E-state index contributed by atoms with van der Waals surface area (Å²) in [5.41, 5.74) is 0.822. The predicted molar refractivity (Wildman–Crippen MR) is 114 cm³/mol. The van der Waals surface area contributed by atoms with Gasteiger partial charge in [0.25, 0.3) is 15.9 Å². The summed E-state index contributed by atoms with van der Waals surface area (Å²) in [7, 11) is -1.24. The van der Waals surface area contributed by atoms with Gasteiger partial charge in [-0.25, -0.2) is 12.8 Å². The Morgan fingerprint density at radius 2 is 1.73 bits per heavy atom. The van der Waals surface area contributed by atoms with Crippen molar-refractivity contribution in [3.05, 3.63) is 83.1 Å². The van der Waals surface area contributed by atoms with Gasteiger partial charge >= 0.3 is 0 Å². The molecule has 0 unspecified atom stereocenters. The zero-order valence-corrected chi connectivity index (χ0v) is 17.7. The number of benzene rings is 3. The number of halogens is 2. The maximum atomic E-state index is 13.4. The van der Waals surface area contributed by atoms with E-state index in [0.29, 0.717) is 11.4 Å². The highest BCUT2D eigenvalue weighted by Crippen LogP contribution is 2.28. The third kappa shape index (κ3) is 4.39. The molecule has 9 heteroatoms. The van der Waals surface area contributed by atoms with Crippen molar-refractivity contribution in [1.82, 2.24) is 0 Å². The summed E-state index contributed by atoms with van der Waals surface area (Å²) in [4.78, 5) is 12.6. The van der Waals surface area contributed by atoms with Crippen LogP contribution in [-0.4, -0.2) is 28.5 Å². The van der Waals surface area contributed by atoms with Crippen molar-refractivity contribution >= 4 is 38.9 Å². The average molecular weight is 449 g/mol. The lowest BCUT2D eigenvalue weighted by molar-refractivity contribution is 0.102. The molecule has 0 fully saturated rings. The predicted octanol–water partition coefficient (Wildman–Crippen LogP) is 4.57. The number of rotatable bonds is 6. The Hall–Kier alpha value is -3.10. The lowest BCUT2D eigenvalue weighted by Crippen LogP contribution is -2.29. The van der Waals surface area contributed by atoms with E-state index < -0.39 is 21.7 Å². The van der Waals surface area contributed by atoms with E-state index in [1.165, 1.54) is 26.3 Å². The van der Waals surface area contributed by atoms with Crippen LogP contribution in [0.25, 0.3) is 0 Å². The standard InChI is InChI=1S/C21H18ClFN2O4S/c1-25(30(27,28)16-11-12-19(23)18(22)13-16)20-6-4-3-5-17(20)21(26)24-14-7-9-15(29-2)10-8-14/h3-13H,1-2H3,(H,24,26). The summed E-state index contributed by atoms with van der Waals surface area (Å²) >= 11 is 5.73. The number of ether oxygens (including phenoxy) is 1. The highest BCUT2D eigenvalue weighted by Gasteiger charge is 2.26. The lowest BCUT2D eigenvalue weighted by atomic mass is 10.1. The number of carbonyl (C=O) groups is 1. The molecule has 6 nitrogen and oxygen atoms in total. The molecule has 3 aromatic carbocycles. The molecule has 1 amide bonds. The summed E-state index contributed by atoms with van der Waals surface area (Å²) in [5, 5.41) is 2.42. The van der Waals surface area contributed by atoms with Crippen molar-refractivity contribution in [3.8, 4) is 5.75 Å². The molecular weight excluding hydrogens is 431 g/mol. The van der Waals surface area contributed by atoms with Crippen LogP contribution in [0.3, 0.4) is 0 Å². The van der Waals surface area contributed by atoms with E-state index in [0.717, 1.165) is 22.5 Å². The Morgan fingerprint density at radius 1 is 1.07 bits per heavy atom. The van der Waals surface area contributed by atoms with Gasteiger partial charge in [-0.2, -0.15) is 0 Å². The molecular formula is C21H18ClFN2O4S. The number of nitrogens with one attached hydrogen (secondary N) is 1. The van der Waals surface area contributed by atoms with E-state index in [-0.39, 0.29) is 21.2 Å². The quantitative estimate of drug-likeness (QED) is 0.599. The number of anilines is 2. The van der Waals surface area contributed by atoms with Gasteiger partial charge in [0.05, 0.1) is 28.3 Å². The summed E-state index contributed by atoms with van der Waals surface area (Å²) in [6, 6.07) is 16.1. The molecule has 0 aliphatic heterocycles. The SMILES string of the molecule is COc1ccc(NC(=O)c2ccccc2N(C)S(=O)(=O)c2ccc(F)c(Cl)c2)cc1. The van der Waals surface area contributed by atoms with Gasteiger partial charge < -0.3 is 10.1 Å². The van der Waals surface area contributed by atoms with Crippen molar-refractivity contribution in [2.75, 3.05) is 23.8 Å². The van der Waals surface area contributed by atoms with Crippen LogP contribution < -0.4 is 14.4 Å². The minimum atomic E-state index is -4.08. The molecule has 0 aliphatic rings. The summed E-state index contributed by atoms with van der Waals surface area (Å²) in [5.74, 6) is -0.579. The second-order valence-corrected chi connectivity index (χ2v) is 8.62. The van der Waals surface area contributed by atoms with Gasteiger partial charge in [0.2, 0.25) is 0 Å². The van der Waals surface area contributed by atoms with Crippen molar-refractivity contribution in [1.29, 1.82) is 0 Å². The Bertz CT molecular complexity index is 1180. The maximum absolute atomic E-state index is 13.4. The lowest BCUT2D eigenvalue weighted by Gasteiger charge is -2.22. The van der Waals surface area contributed by atoms with Gasteiger partial charge in [-0.1, -0.05) is 23.7 Å². The van der Waals surface area contributed by atoms with E-state index in [1.807, 2.05) is 0 Å². The minimum Gasteiger partial charge on any atom is -0.497 e. The van der Waals surface area contributed by atoms with Crippen molar-refractivity contribution < 1.29 is 22.3 Å². The van der Waals surface area contributed by atoms with Crippen LogP contribution in [0.1, 0.15) is 10.4 Å². The molecule has 3 aromatic rings. The molecule has 0 heterocycles. The number of hydrogen-bond acceptors (Lipinski definition) is 4. The second kappa shape index (κ2) is 8.73. The van der Waals surface area contributed by atoms with E-state index in [1.54, 1.807) is 36.4 Å². The number of sulfonamides is 1. The van der Waals surface area contributed by atoms with Gasteiger partial charge in [-0.3, -0.25) is 9.10 Å². The second-order valence-electron chi connectivity index (χ2n) is 6.25. The fraction of sp³-hybridized carbons (Fsp3) is 0.0952. The molecule has 0 radical (unpaired) electrons. The fourth-order valence-electron chi connectivity index (χ4n) is 2.74. The molecule has 0 saturated carbocycles. The van der Waals surface area contributed by atoms with Crippen LogP contribution in [0.2, 0.25) is 5.02 Å². The van der Waals surface area contributed by atoms with Crippen molar-refractivity contribution in [2.24, 2.45) is 0 Å². The van der Waals surface area contributed by atoms with Gasteiger partial charge in [0.1, 0.15) is 11.6 Å². The molecule has 3 rings (SSSR count). The van der Waals surface area contributed by atoms with E-state index in [4.69, 9.17) is 16.3 Å². The number of amides is 1. The third-order valence-electron chi connectivity index (χ3n) is 4.39. The monoisotopic (exact) mass is 448 g/mol. The van der Waals surface area contributed by atoms with Crippen LogP contribution in [0.5, 0.6) is 5.75 Å².